The van der Waals surface area contributed by atoms with Crippen LogP contribution in [-0.2, 0) is 6.54 Å². The standard InChI is InChI=1S/C19H30N6O/c1-5-23-10-12-24(13-11-23)18(15(2)3)19-20-21-22-25(19)14-16-6-8-17(26-4)9-7-16/h6-9,15,18H,5,10-14H2,1-4H3. The molecule has 0 radical (unpaired) electrons. The highest BCUT2D eigenvalue weighted by molar-refractivity contribution is 5.27. The predicted octanol–water partition coefficient (Wildman–Crippen LogP) is 2.06. The van der Waals surface area contributed by atoms with Crippen LogP contribution >= 0.6 is 0 Å². The fraction of sp³-hybridized carbons (Fsp3) is 0.632. The Morgan fingerprint density at radius 3 is 2.35 bits per heavy atom. The molecule has 1 aliphatic heterocycles. The summed E-state index contributed by atoms with van der Waals surface area (Å²) in [7, 11) is 1.68. The van der Waals surface area contributed by atoms with Gasteiger partial charge >= 0.3 is 0 Å². The average Bonchev–Trinajstić information content (AvgIpc) is 3.10. The highest BCUT2D eigenvalue weighted by atomic mass is 16.5. The number of benzene rings is 1. The fourth-order valence-electron chi connectivity index (χ4n) is 3.68. The van der Waals surface area contributed by atoms with Gasteiger partial charge in [0.25, 0.3) is 0 Å². The van der Waals surface area contributed by atoms with Crippen LogP contribution in [0.1, 0.15) is 38.2 Å². The summed E-state index contributed by atoms with van der Waals surface area (Å²) in [5.74, 6) is 2.27. The van der Waals surface area contributed by atoms with Crippen LogP contribution in [-0.4, -0.2) is 69.8 Å². The van der Waals surface area contributed by atoms with E-state index in [0.717, 1.165) is 49.9 Å². The summed E-state index contributed by atoms with van der Waals surface area (Å²) in [5.41, 5.74) is 1.16. The minimum Gasteiger partial charge on any atom is -0.497 e. The third kappa shape index (κ3) is 4.22. The molecular formula is C19H30N6O. The molecule has 142 valence electrons. The number of likely N-dealkylation sites (N-methyl/N-ethyl adjacent to an activating group) is 1. The van der Waals surface area contributed by atoms with E-state index in [0.29, 0.717) is 12.5 Å². The molecule has 2 aromatic rings. The van der Waals surface area contributed by atoms with Crippen LogP contribution in [0.5, 0.6) is 5.75 Å². The number of nitrogens with zero attached hydrogens (tertiary/aromatic N) is 6. The molecule has 26 heavy (non-hydrogen) atoms. The second-order valence-corrected chi connectivity index (χ2v) is 7.20. The van der Waals surface area contributed by atoms with Crippen molar-refractivity contribution in [1.29, 1.82) is 0 Å². The van der Waals surface area contributed by atoms with Crippen LogP contribution in [0.15, 0.2) is 24.3 Å². The molecule has 0 amide bonds. The van der Waals surface area contributed by atoms with E-state index in [-0.39, 0.29) is 6.04 Å². The van der Waals surface area contributed by atoms with Crippen LogP contribution in [0.3, 0.4) is 0 Å². The van der Waals surface area contributed by atoms with Crippen molar-refractivity contribution in [2.24, 2.45) is 5.92 Å². The molecule has 0 N–H and O–H groups in total. The summed E-state index contributed by atoms with van der Waals surface area (Å²) in [6.07, 6.45) is 0. The minimum absolute atomic E-state index is 0.238. The first-order chi connectivity index (χ1) is 12.6. The van der Waals surface area contributed by atoms with Gasteiger partial charge in [0.05, 0.1) is 19.7 Å². The summed E-state index contributed by atoms with van der Waals surface area (Å²) in [6.45, 7) is 12.9. The Morgan fingerprint density at radius 1 is 1.08 bits per heavy atom. The molecule has 3 rings (SSSR count). The summed E-state index contributed by atoms with van der Waals surface area (Å²) in [6, 6.07) is 8.32. The largest absolute Gasteiger partial charge is 0.497 e. The van der Waals surface area contributed by atoms with Crippen molar-refractivity contribution in [2.45, 2.75) is 33.4 Å². The molecule has 7 heteroatoms. The summed E-state index contributed by atoms with van der Waals surface area (Å²) in [4.78, 5) is 5.03. The van der Waals surface area contributed by atoms with E-state index in [1.807, 2.05) is 16.8 Å². The lowest BCUT2D eigenvalue weighted by molar-refractivity contribution is 0.0722. The highest BCUT2D eigenvalue weighted by Gasteiger charge is 2.31. The Bertz CT molecular complexity index is 676. The van der Waals surface area contributed by atoms with Gasteiger partial charge in [-0.3, -0.25) is 4.90 Å². The molecule has 7 nitrogen and oxygen atoms in total. The average molecular weight is 358 g/mol. The quantitative estimate of drug-likeness (QED) is 0.755. The minimum atomic E-state index is 0.238. The molecule has 0 spiro atoms. The van der Waals surface area contributed by atoms with Crippen molar-refractivity contribution in [3.63, 3.8) is 0 Å². The first-order valence-electron chi connectivity index (χ1n) is 9.47. The third-order valence-electron chi connectivity index (χ3n) is 5.19. The topological polar surface area (TPSA) is 59.3 Å². The van der Waals surface area contributed by atoms with Crippen molar-refractivity contribution < 1.29 is 4.74 Å². The number of ether oxygens (including phenoxy) is 1. The summed E-state index contributed by atoms with van der Waals surface area (Å²) in [5, 5.41) is 12.7. The molecule has 0 bridgehead atoms. The van der Waals surface area contributed by atoms with E-state index in [1.165, 1.54) is 0 Å². The molecule has 1 aromatic heterocycles. The molecule has 1 unspecified atom stereocenters. The van der Waals surface area contributed by atoms with Crippen molar-refractivity contribution in [1.82, 2.24) is 30.0 Å². The van der Waals surface area contributed by atoms with Crippen LogP contribution in [0.4, 0.5) is 0 Å². The summed E-state index contributed by atoms with van der Waals surface area (Å²) < 4.78 is 7.18. The van der Waals surface area contributed by atoms with Crippen LogP contribution in [0.25, 0.3) is 0 Å². The van der Waals surface area contributed by atoms with Gasteiger partial charge in [0.2, 0.25) is 0 Å². The smallest absolute Gasteiger partial charge is 0.169 e. The Hall–Kier alpha value is -1.99. The lowest BCUT2D eigenvalue weighted by Gasteiger charge is -2.39. The van der Waals surface area contributed by atoms with Crippen molar-refractivity contribution in [3.8, 4) is 5.75 Å². The van der Waals surface area contributed by atoms with Gasteiger partial charge in [-0.1, -0.05) is 32.9 Å². The Morgan fingerprint density at radius 2 is 1.77 bits per heavy atom. The zero-order valence-corrected chi connectivity index (χ0v) is 16.3. The fourth-order valence-corrected chi connectivity index (χ4v) is 3.68. The van der Waals surface area contributed by atoms with Crippen molar-refractivity contribution in [3.05, 3.63) is 35.7 Å². The molecule has 0 aliphatic carbocycles. The number of hydrogen-bond acceptors (Lipinski definition) is 6. The van der Waals surface area contributed by atoms with Gasteiger partial charge in [-0.15, -0.1) is 5.10 Å². The van der Waals surface area contributed by atoms with Crippen LogP contribution in [0.2, 0.25) is 0 Å². The number of aromatic nitrogens is 4. The number of tetrazole rings is 1. The van der Waals surface area contributed by atoms with E-state index < -0.39 is 0 Å². The van der Waals surface area contributed by atoms with E-state index in [1.54, 1.807) is 7.11 Å². The zero-order chi connectivity index (χ0) is 18.5. The third-order valence-corrected chi connectivity index (χ3v) is 5.19. The van der Waals surface area contributed by atoms with Gasteiger partial charge < -0.3 is 9.64 Å². The van der Waals surface area contributed by atoms with Crippen LogP contribution < -0.4 is 4.74 Å². The number of methoxy groups -OCH3 is 1. The predicted molar refractivity (Wildman–Crippen MR) is 101 cm³/mol. The maximum Gasteiger partial charge on any atom is 0.169 e. The van der Waals surface area contributed by atoms with Gasteiger partial charge in [-0.25, -0.2) is 4.68 Å². The highest BCUT2D eigenvalue weighted by Crippen LogP contribution is 2.28. The Balaban J connectivity index is 1.77. The van der Waals surface area contributed by atoms with Crippen molar-refractivity contribution >= 4 is 0 Å². The first kappa shape index (κ1) is 18.8. The SMILES string of the molecule is CCN1CCN(C(c2nnnn2Cc2ccc(OC)cc2)C(C)C)CC1. The van der Waals surface area contributed by atoms with E-state index in [2.05, 4.69) is 58.2 Å². The van der Waals surface area contributed by atoms with E-state index in [9.17, 15) is 0 Å². The zero-order valence-electron chi connectivity index (χ0n) is 16.3. The molecule has 1 saturated heterocycles. The Labute approximate surface area is 155 Å². The molecule has 1 aromatic carbocycles. The molecule has 1 fully saturated rings. The van der Waals surface area contributed by atoms with E-state index in [4.69, 9.17) is 4.74 Å². The second kappa shape index (κ2) is 8.60. The Kier molecular flexibility index (Phi) is 6.21. The van der Waals surface area contributed by atoms with Gasteiger partial charge in [0, 0.05) is 26.2 Å². The number of rotatable bonds is 7. The molecule has 1 atom stereocenters. The maximum atomic E-state index is 5.24. The second-order valence-electron chi connectivity index (χ2n) is 7.20. The summed E-state index contributed by atoms with van der Waals surface area (Å²) >= 11 is 0. The molecule has 0 saturated carbocycles. The lowest BCUT2D eigenvalue weighted by atomic mass is 10.0. The lowest BCUT2D eigenvalue weighted by Crippen LogP contribution is -2.48. The van der Waals surface area contributed by atoms with E-state index >= 15 is 0 Å². The number of piperazine rings is 1. The van der Waals surface area contributed by atoms with Gasteiger partial charge in [-0.2, -0.15) is 0 Å². The van der Waals surface area contributed by atoms with Gasteiger partial charge in [0.15, 0.2) is 5.82 Å². The first-order valence-corrected chi connectivity index (χ1v) is 9.47. The monoisotopic (exact) mass is 358 g/mol. The molecular weight excluding hydrogens is 328 g/mol. The molecule has 1 aliphatic rings. The normalized spacial score (nSPS) is 17.6. The van der Waals surface area contributed by atoms with Crippen LogP contribution in [0, 0.1) is 5.92 Å². The maximum absolute atomic E-state index is 5.24. The molecule has 2 heterocycles. The van der Waals surface area contributed by atoms with Gasteiger partial charge in [0.1, 0.15) is 5.75 Å². The number of hydrogen-bond donors (Lipinski definition) is 0. The van der Waals surface area contributed by atoms with Crippen molar-refractivity contribution in [2.75, 3.05) is 39.8 Å². The van der Waals surface area contributed by atoms with Gasteiger partial charge in [-0.05, 0) is 40.6 Å².